The average molecular weight is 292 g/mol. The number of nitrogens with one attached hydrogen (secondary N) is 1. The lowest BCUT2D eigenvalue weighted by atomic mass is 10.2. The van der Waals surface area contributed by atoms with Gasteiger partial charge in [-0.3, -0.25) is 9.97 Å². The zero-order chi connectivity index (χ0) is 14.6. The minimum atomic E-state index is -3.67. The molecule has 0 aromatic carbocycles. The van der Waals surface area contributed by atoms with E-state index >= 15 is 0 Å². The Morgan fingerprint density at radius 3 is 2.70 bits per heavy atom. The van der Waals surface area contributed by atoms with Crippen molar-refractivity contribution < 1.29 is 8.42 Å². The summed E-state index contributed by atoms with van der Waals surface area (Å²) in [4.78, 5) is 8.07. The lowest BCUT2D eigenvalue weighted by Crippen LogP contribution is -2.28. The Labute approximate surface area is 118 Å². The zero-order valence-corrected chi connectivity index (χ0v) is 11.8. The summed E-state index contributed by atoms with van der Waals surface area (Å²) in [6.07, 6.45) is 4.78. The molecule has 6 nitrogen and oxygen atoms in total. The van der Waals surface area contributed by atoms with Crippen LogP contribution in [0.25, 0.3) is 0 Å². The molecule has 0 aliphatic carbocycles. The molecule has 0 spiro atoms. The van der Waals surface area contributed by atoms with Gasteiger partial charge in [0.25, 0.3) is 0 Å². The van der Waals surface area contributed by atoms with Gasteiger partial charge in [0, 0.05) is 31.2 Å². The maximum Gasteiger partial charge on any atom is 0.242 e. The first kappa shape index (κ1) is 14.6. The van der Waals surface area contributed by atoms with Crippen LogP contribution >= 0.6 is 0 Å². The molecular weight excluding hydrogens is 276 g/mol. The van der Waals surface area contributed by atoms with Gasteiger partial charge in [0.1, 0.15) is 4.90 Å². The first-order valence-corrected chi connectivity index (χ1v) is 7.59. The number of pyridine rings is 2. The standard InChI is InChI=1S/C13H16N4O2S/c1-10(11-4-2-6-15-9-11)17-20(18,19)13-5-3-7-16-12(13)8-14/h2-7,9-10,17H,8,14H2,1H3. The van der Waals surface area contributed by atoms with Crippen LogP contribution in [0.5, 0.6) is 0 Å². The molecule has 20 heavy (non-hydrogen) atoms. The van der Waals surface area contributed by atoms with Crippen molar-refractivity contribution in [3.8, 4) is 0 Å². The number of hydrogen-bond donors (Lipinski definition) is 2. The molecule has 0 aliphatic heterocycles. The average Bonchev–Trinajstić information content (AvgIpc) is 2.47. The predicted octanol–water partition coefficient (Wildman–Crippen LogP) is 0.975. The smallest absolute Gasteiger partial charge is 0.242 e. The van der Waals surface area contributed by atoms with Gasteiger partial charge in [0.2, 0.25) is 10.0 Å². The quantitative estimate of drug-likeness (QED) is 0.856. The SMILES string of the molecule is CC(NS(=O)(=O)c1cccnc1CN)c1cccnc1. The van der Waals surface area contributed by atoms with E-state index in [0.29, 0.717) is 5.69 Å². The molecule has 1 unspecified atom stereocenters. The largest absolute Gasteiger partial charge is 0.325 e. The second-order valence-electron chi connectivity index (χ2n) is 4.28. The Balaban J connectivity index is 2.28. The van der Waals surface area contributed by atoms with Gasteiger partial charge in [0.15, 0.2) is 0 Å². The molecule has 7 heteroatoms. The Hall–Kier alpha value is -1.83. The number of hydrogen-bond acceptors (Lipinski definition) is 5. The summed E-state index contributed by atoms with van der Waals surface area (Å²) in [5, 5.41) is 0. The van der Waals surface area contributed by atoms with Gasteiger partial charge in [-0.25, -0.2) is 13.1 Å². The Bertz CT molecular complexity index is 674. The van der Waals surface area contributed by atoms with Gasteiger partial charge in [-0.2, -0.15) is 0 Å². The zero-order valence-electron chi connectivity index (χ0n) is 11.0. The monoisotopic (exact) mass is 292 g/mol. The summed E-state index contributed by atoms with van der Waals surface area (Å²) in [5.41, 5.74) is 6.66. The highest BCUT2D eigenvalue weighted by molar-refractivity contribution is 7.89. The first-order valence-electron chi connectivity index (χ1n) is 6.11. The molecule has 0 aliphatic rings. The van der Waals surface area contributed by atoms with E-state index in [1.165, 1.54) is 12.3 Å². The van der Waals surface area contributed by atoms with E-state index in [1.807, 2.05) is 6.07 Å². The van der Waals surface area contributed by atoms with E-state index in [1.54, 1.807) is 31.5 Å². The van der Waals surface area contributed by atoms with Crippen LogP contribution in [0.2, 0.25) is 0 Å². The molecule has 2 aromatic rings. The van der Waals surface area contributed by atoms with Crippen LogP contribution in [0.3, 0.4) is 0 Å². The fraction of sp³-hybridized carbons (Fsp3) is 0.231. The van der Waals surface area contributed by atoms with E-state index in [9.17, 15) is 8.42 Å². The summed E-state index contributed by atoms with van der Waals surface area (Å²) >= 11 is 0. The number of nitrogens with zero attached hydrogens (tertiary/aromatic N) is 2. The molecule has 0 saturated carbocycles. The van der Waals surface area contributed by atoms with Crippen LogP contribution in [-0.2, 0) is 16.6 Å². The van der Waals surface area contributed by atoms with Crippen LogP contribution in [0, 0.1) is 0 Å². The summed E-state index contributed by atoms with van der Waals surface area (Å²) in [7, 11) is -3.67. The van der Waals surface area contributed by atoms with Crippen molar-refractivity contribution in [2.75, 3.05) is 0 Å². The molecule has 0 fully saturated rings. The second kappa shape index (κ2) is 6.08. The predicted molar refractivity (Wildman–Crippen MR) is 75.1 cm³/mol. The fourth-order valence-corrected chi connectivity index (χ4v) is 3.25. The highest BCUT2D eigenvalue weighted by Crippen LogP contribution is 2.17. The van der Waals surface area contributed by atoms with Gasteiger partial charge in [-0.05, 0) is 30.7 Å². The van der Waals surface area contributed by atoms with Crippen LogP contribution < -0.4 is 10.5 Å². The number of sulfonamides is 1. The van der Waals surface area contributed by atoms with E-state index in [0.717, 1.165) is 5.56 Å². The van der Waals surface area contributed by atoms with Crippen molar-refractivity contribution in [1.29, 1.82) is 0 Å². The fourth-order valence-electron chi connectivity index (χ4n) is 1.82. The highest BCUT2D eigenvalue weighted by atomic mass is 32.2. The van der Waals surface area contributed by atoms with Crippen LogP contribution in [0.1, 0.15) is 24.2 Å². The molecule has 0 amide bonds. The molecule has 0 bridgehead atoms. The molecule has 1 atom stereocenters. The van der Waals surface area contributed by atoms with Crippen molar-refractivity contribution in [2.24, 2.45) is 5.73 Å². The highest BCUT2D eigenvalue weighted by Gasteiger charge is 2.21. The third kappa shape index (κ3) is 3.19. The minimum absolute atomic E-state index is 0.0678. The lowest BCUT2D eigenvalue weighted by Gasteiger charge is -2.15. The Kier molecular flexibility index (Phi) is 4.43. The van der Waals surface area contributed by atoms with Crippen molar-refractivity contribution in [1.82, 2.24) is 14.7 Å². The van der Waals surface area contributed by atoms with E-state index < -0.39 is 10.0 Å². The van der Waals surface area contributed by atoms with Crippen LogP contribution in [0.15, 0.2) is 47.8 Å². The molecular formula is C13H16N4O2S. The molecule has 106 valence electrons. The van der Waals surface area contributed by atoms with Crippen molar-refractivity contribution in [3.63, 3.8) is 0 Å². The van der Waals surface area contributed by atoms with Crippen LogP contribution in [-0.4, -0.2) is 18.4 Å². The number of nitrogens with two attached hydrogens (primary N) is 1. The summed E-state index contributed by atoms with van der Waals surface area (Å²) in [6.45, 7) is 1.82. The summed E-state index contributed by atoms with van der Waals surface area (Å²) < 4.78 is 27.3. The van der Waals surface area contributed by atoms with E-state index in [2.05, 4.69) is 14.7 Å². The molecule has 0 saturated heterocycles. The molecule has 2 heterocycles. The van der Waals surface area contributed by atoms with Gasteiger partial charge in [-0.15, -0.1) is 0 Å². The lowest BCUT2D eigenvalue weighted by molar-refractivity contribution is 0.564. The molecule has 2 aromatic heterocycles. The maximum absolute atomic E-state index is 12.4. The Morgan fingerprint density at radius 1 is 1.30 bits per heavy atom. The Morgan fingerprint density at radius 2 is 2.05 bits per heavy atom. The third-order valence-electron chi connectivity index (χ3n) is 2.85. The first-order chi connectivity index (χ1) is 9.54. The third-order valence-corrected chi connectivity index (χ3v) is 4.46. The number of aromatic nitrogens is 2. The minimum Gasteiger partial charge on any atom is -0.325 e. The van der Waals surface area contributed by atoms with Gasteiger partial charge in [0.05, 0.1) is 5.69 Å². The van der Waals surface area contributed by atoms with Crippen molar-refractivity contribution >= 4 is 10.0 Å². The van der Waals surface area contributed by atoms with E-state index in [4.69, 9.17) is 5.73 Å². The second-order valence-corrected chi connectivity index (χ2v) is 5.96. The van der Waals surface area contributed by atoms with Crippen molar-refractivity contribution in [3.05, 3.63) is 54.1 Å². The van der Waals surface area contributed by atoms with Crippen molar-refractivity contribution in [2.45, 2.75) is 24.4 Å². The van der Waals surface area contributed by atoms with Gasteiger partial charge < -0.3 is 5.73 Å². The maximum atomic E-state index is 12.4. The molecule has 2 rings (SSSR count). The summed E-state index contributed by atoms with van der Waals surface area (Å²) in [6, 6.07) is 6.25. The van der Waals surface area contributed by atoms with Crippen LogP contribution in [0.4, 0.5) is 0 Å². The van der Waals surface area contributed by atoms with Gasteiger partial charge in [-0.1, -0.05) is 6.07 Å². The normalized spacial score (nSPS) is 13.1. The molecule has 0 radical (unpaired) electrons. The van der Waals surface area contributed by atoms with E-state index in [-0.39, 0.29) is 17.5 Å². The topological polar surface area (TPSA) is 98.0 Å². The van der Waals surface area contributed by atoms with Gasteiger partial charge >= 0.3 is 0 Å². The number of rotatable bonds is 5. The summed E-state index contributed by atoms with van der Waals surface area (Å²) in [5.74, 6) is 0. The molecule has 3 N–H and O–H groups in total.